The van der Waals surface area contributed by atoms with Crippen LogP contribution in [0.5, 0.6) is 0 Å². The topological polar surface area (TPSA) is 29.5 Å². The van der Waals surface area contributed by atoms with Crippen LogP contribution >= 0.6 is 22.5 Å². The van der Waals surface area contributed by atoms with Gasteiger partial charge in [0.05, 0.1) is 12.2 Å². The first-order valence-electron chi connectivity index (χ1n) is 3.89. The van der Waals surface area contributed by atoms with Gasteiger partial charge in [0, 0.05) is 23.9 Å². The Morgan fingerprint density at radius 1 is 1.50 bits per heavy atom. The average molecular weight is 207 g/mol. The Bertz CT molecular complexity index is 167. The predicted molar refractivity (Wildman–Crippen MR) is 53.6 cm³/mol. The number of hydrogen-bond donors (Lipinski definition) is 1. The molecule has 0 N–H and O–H groups in total. The molecule has 2 atom stereocenters. The van der Waals surface area contributed by atoms with Crippen molar-refractivity contribution in [1.82, 2.24) is 4.90 Å². The number of carbonyl (C=O) groups excluding carboxylic acids is 1. The van der Waals surface area contributed by atoms with Crippen LogP contribution in [0.3, 0.4) is 0 Å². The number of hydrogen-bond acceptors (Lipinski definition) is 4. The molecule has 1 fully saturated rings. The Kier molecular flexibility index (Phi) is 3.74. The van der Waals surface area contributed by atoms with E-state index in [-0.39, 0.29) is 17.4 Å². The van der Waals surface area contributed by atoms with Crippen molar-refractivity contribution in [1.29, 1.82) is 0 Å². The van der Waals surface area contributed by atoms with E-state index in [4.69, 9.17) is 4.74 Å². The lowest BCUT2D eigenvalue weighted by atomic mass is 10.2. The van der Waals surface area contributed by atoms with Gasteiger partial charge in [-0.1, -0.05) is 0 Å². The summed E-state index contributed by atoms with van der Waals surface area (Å²) in [6.07, 6.45) is 0.274. The van der Waals surface area contributed by atoms with Crippen LogP contribution in [0.15, 0.2) is 0 Å². The van der Waals surface area contributed by atoms with Gasteiger partial charge in [-0.05, 0) is 13.8 Å². The van der Waals surface area contributed by atoms with Crippen molar-refractivity contribution in [2.75, 3.05) is 13.1 Å². The second kappa shape index (κ2) is 4.39. The molecule has 1 saturated heterocycles. The molecule has 2 unspecified atom stereocenters. The van der Waals surface area contributed by atoms with Gasteiger partial charge in [-0.25, -0.2) is 0 Å². The SMILES string of the molecule is CC1CN(C(=O)SS)CC(C)O1. The fraction of sp³-hybridized carbons (Fsp3) is 0.857. The zero-order chi connectivity index (χ0) is 9.14. The molecule has 1 amide bonds. The highest BCUT2D eigenvalue weighted by Gasteiger charge is 2.25. The fourth-order valence-corrected chi connectivity index (χ4v) is 2.00. The summed E-state index contributed by atoms with van der Waals surface area (Å²) in [5.41, 5.74) is 0. The zero-order valence-electron chi connectivity index (χ0n) is 7.19. The first kappa shape index (κ1) is 10.2. The highest BCUT2D eigenvalue weighted by molar-refractivity contribution is 8.74. The van der Waals surface area contributed by atoms with E-state index >= 15 is 0 Å². The molecule has 0 bridgehead atoms. The molecule has 3 nitrogen and oxygen atoms in total. The van der Waals surface area contributed by atoms with Crippen molar-refractivity contribution in [2.24, 2.45) is 0 Å². The number of rotatable bonds is 0. The van der Waals surface area contributed by atoms with Crippen LogP contribution in [-0.4, -0.2) is 35.4 Å². The summed E-state index contributed by atoms with van der Waals surface area (Å²) in [5.74, 6) is 0. The number of amides is 1. The number of ether oxygens (including phenoxy) is 1. The monoisotopic (exact) mass is 207 g/mol. The lowest BCUT2D eigenvalue weighted by Crippen LogP contribution is -2.46. The third kappa shape index (κ3) is 2.57. The van der Waals surface area contributed by atoms with Crippen molar-refractivity contribution in [3.05, 3.63) is 0 Å². The molecule has 70 valence electrons. The first-order valence-corrected chi connectivity index (χ1v) is 5.76. The van der Waals surface area contributed by atoms with Crippen molar-refractivity contribution in [3.63, 3.8) is 0 Å². The molecular weight excluding hydrogens is 194 g/mol. The summed E-state index contributed by atoms with van der Waals surface area (Å²) in [4.78, 5) is 13.0. The standard InChI is InChI=1S/C7H13NO2S2/c1-5-3-8(7(9)12-11)4-6(2)10-5/h5-6,11H,3-4H2,1-2H3. The van der Waals surface area contributed by atoms with E-state index in [9.17, 15) is 4.79 Å². The van der Waals surface area contributed by atoms with Gasteiger partial charge in [0.25, 0.3) is 5.24 Å². The Balaban J connectivity index is 2.49. The van der Waals surface area contributed by atoms with Crippen molar-refractivity contribution < 1.29 is 9.53 Å². The van der Waals surface area contributed by atoms with Gasteiger partial charge in [-0.3, -0.25) is 4.79 Å². The molecule has 0 radical (unpaired) electrons. The van der Waals surface area contributed by atoms with Gasteiger partial charge < -0.3 is 9.64 Å². The van der Waals surface area contributed by atoms with Gasteiger partial charge in [-0.15, -0.1) is 11.7 Å². The molecule has 0 aromatic carbocycles. The van der Waals surface area contributed by atoms with Gasteiger partial charge in [0.2, 0.25) is 0 Å². The first-order chi connectivity index (χ1) is 5.63. The molecule has 0 aromatic rings. The number of morpholine rings is 1. The number of nitrogens with zero attached hydrogens (tertiary/aromatic N) is 1. The van der Waals surface area contributed by atoms with Crippen molar-refractivity contribution >= 4 is 27.7 Å². The molecule has 0 saturated carbocycles. The lowest BCUT2D eigenvalue weighted by Gasteiger charge is -2.34. The summed E-state index contributed by atoms with van der Waals surface area (Å²) in [5, 5.41) is 0.0142. The Morgan fingerprint density at radius 2 is 2.00 bits per heavy atom. The minimum absolute atomic E-state index is 0.0142. The summed E-state index contributed by atoms with van der Waals surface area (Å²) >= 11 is 3.87. The molecule has 5 heteroatoms. The maximum Gasteiger partial charge on any atom is 0.292 e. The van der Waals surface area contributed by atoms with E-state index < -0.39 is 0 Å². The minimum Gasteiger partial charge on any atom is -0.372 e. The summed E-state index contributed by atoms with van der Waals surface area (Å²) < 4.78 is 5.48. The summed E-state index contributed by atoms with van der Waals surface area (Å²) in [7, 11) is 0.961. The molecule has 0 spiro atoms. The molecule has 1 rings (SSSR count). The van der Waals surface area contributed by atoms with Crippen LogP contribution in [0.25, 0.3) is 0 Å². The predicted octanol–water partition coefficient (Wildman–Crippen LogP) is 1.79. The van der Waals surface area contributed by atoms with Crippen LogP contribution in [0.2, 0.25) is 0 Å². The van der Waals surface area contributed by atoms with Gasteiger partial charge in [0.15, 0.2) is 0 Å². The van der Waals surface area contributed by atoms with E-state index in [1.807, 2.05) is 13.8 Å². The Hall–Kier alpha value is 0.130. The zero-order valence-corrected chi connectivity index (χ0v) is 8.90. The molecule has 12 heavy (non-hydrogen) atoms. The quantitative estimate of drug-likeness (QED) is 0.485. The largest absolute Gasteiger partial charge is 0.372 e. The van der Waals surface area contributed by atoms with Crippen LogP contribution in [0, 0.1) is 0 Å². The second-order valence-electron chi connectivity index (χ2n) is 3.02. The molecular formula is C7H13NO2S2. The molecule has 1 aliphatic rings. The third-order valence-corrected chi connectivity index (χ3v) is 2.64. The highest BCUT2D eigenvalue weighted by Crippen LogP contribution is 2.18. The normalized spacial score (nSPS) is 30.4. The van der Waals surface area contributed by atoms with E-state index in [0.717, 1.165) is 10.8 Å². The Labute approximate surface area is 81.6 Å². The van der Waals surface area contributed by atoms with E-state index in [0.29, 0.717) is 13.1 Å². The van der Waals surface area contributed by atoms with Crippen molar-refractivity contribution in [2.45, 2.75) is 26.1 Å². The number of carbonyl (C=O) groups is 1. The molecule has 1 aliphatic heterocycles. The van der Waals surface area contributed by atoms with E-state index in [1.54, 1.807) is 4.90 Å². The maximum absolute atomic E-state index is 11.2. The van der Waals surface area contributed by atoms with Gasteiger partial charge in [-0.2, -0.15) is 0 Å². The summed E-state index contributed by atoms with van der Waals surface area (Å²) in [6.45, 7) is 5.30. The Morgan fingerprint density at radius 3 is 2.42 bits per heavy atom. The number of thiol groups is 1. The van der Waals surface area contributed by atoms with Gasteiger partial charge in [0.1, 0.15) is 0 Å². The molecule has 0 aromatic heterocycles. The van der Waals surface area contributed by atoms with E-state index in [1.165, 1.54) is 0 Å². The third-order valence-electron chi connectivity index (χ3n) is 1.76. The van der Waals surface area contributed by atoms with Crippen LogP contribution in [-0.2, 0) is 4.74 Å². The second-order valence-corrected chi connectivity index (χ2v) is 4.10. The van der Waals surface area contributed by atoms with Crippen molar-refractivity contribution in [3.8, 4) is 0 Å². The maximum atomic E-state index is 11.2. The minimum atomic E-state index is 0.0142. The van der Waals surface area contributed by atoms with Crippen LogP contribution in [0.1, 0.15) is 13.8 Å². The summed E-state index contributed by atoms with van der Waals surface area (Å²) in [6, 6.07) is 0. The molecule has 0 aliphatic carbocycles. The average Bonchev–Trinajstić information content (AvgIpc) is 2.01. The molecule has 1 heterocycles. The fourth-order valence-electron chi connectivity index (χ4n) is 1.38. The van der Waals surface area contributed by atoms with Crippen LogP contribution in [0.4, 0.5) is 4.79 Å². The van der Waals surface area contributed by atoms with Gasteiger partial charge >= 0.3 is 0 Å². The van der Waals surface area contributed by atoms with Crippen LogP contribution < -0.4 is 0 Å². The smallest absolute Gasteiger partial charge is 0.292 e. The lowest BCUT2D eigenvalue weighted by molar-refractivity contribution is -0.0515. The highest BCUT2D eigenvalue weighted by atomic mass is 33.1. The van der Waals surface area contributed by atoms with E-state index in [2.05, 4.69) is 11.7 Å².